The summed E-state index contributed by atoms with van der Waals surface area (Å²) in [5.41, 5.74) is 12.9. The molecule has 0 radical (unpaired) electrons. The van der Waals surface area contributed by atoms with Gasteiger partial charge in [-0.25, -0.2) is 0 Å². The van der Waals surface area contributed by atoms with E-state index in [2.05, 4.69) is 287 Å². The van der Waals surface area contributed by atoms with Crippen molar-refractivity contribution in [3.05, 3.63) is 273 Å². The van der Waals surface area contributed by atoms with E-state index in [4.69, 9.17) is 0 Å². The van der Waals surface area contributed by atoms with Crippen LogP contribution in [0.3, 0.4) is 0 Å². The quantitative estimate of drug-likeness (QED) is 0.107. The smallest absolute Gasteiger partial charge is 0.179 e. The van der Waals surface area contributed by atoms with Crippen LogP contribution in [-0.2, 0) is 0 Å². The summed E-state index contributed by atoms with van der Waals surface area (Å²) in [6.45, 7) is 0. The molecule has 14 rings (SSSR count). The maximum atomic E-state index is 2.51. The predicted molar refractivity (Wildman–Crippen MR) is 299 cm³/mol. The molecule has 4 heteroatoms. The van der Waals surface area contributed by atoms with Crippen molar-refractivity contribution >= 4 is 94.2 Å². The van der Waals surface area contributed by atoms with E-state index in [0.29, 0.717) is 0 Å². The minimum atomic E-state index is -2.71. The first-order valence-electron chi connectivity index (χ1n) is 24.2. The van der Waals surface area contributed by atoms with Crippen LogP contribution in [0.5, 0.6) is 0 Å². The molecule has 11 aromatic carbocycles. The molecular weight excluding hydrogens is 863 g/mol. The average molecular weight is 908 g/mol. The van der Waals surface area contributed by atoms with Crippen LogP contribution in [0.15, 0.2) is 273 Å². The average Bonchev–Trinajstić information content (AvgIpc) is 4.08. The SMILES string of the molecule is c1ccc(-c2ccc3c4ccccc4n(-c4cccc5c6ccccc6n(-c6ccc7c8ccccc8n(-c8ccc([Si](c9ccccc9)(c9ccccc9)c9ccccc9)cc8)c7c6)c45)c3c2)cc1. The molecule has 0 atom stereocenters. The Kier molecular flexibility index (Phi) is 9.23. The van der Waals surface area contributed by atoms with Gasteiger partial charge in [-0.1, -0.05) is 218 Å². The van der Waals surface area contributed by atoms with Gasteiger partial charge in [-0.2, -0.15) is 0 Å². The van der Waals surface area contributed by atoms with Crippen LogP contribution in [0, 0.1) is 0 Å². The molecule has 0 aliphatic heterocycles. The molecule has 0 aliphatic rings. The monoisotopic (exact) mass is 907 g/mol. The van der Waals surface area contributed by atoms with E-state index in [1.165, 1.54) is 91.8 Å². The number of benzene rings is 11. The highest BCUT2D eigenvalue weighted by atomic mass is 28.3. The van der Waals surface area contributed by atoms with E-state index < -0.39 is 8.07 Å². The van der Waals surface area contributed by atoms with Crippen molar-refractivity contribution < 1.29 is 0 Å². The van der Waals surface area contributed by atoms with Gasteiger partial charge in [0.25, 0.3) is 0 Å². The molecule has 0 saturated carbocycles. The summed E-state index contributed by atoms with van der Waals surface area (Å²) in [7, 11) is -2.71. The Hall–Kier alpha value is -8.96. The third kappa shape index (κ3) is 6.00. The molecule has 328 valence electrons. The second kappa shape index (κ2) is 16.1. The van der Waals surface area contributed by atoms with Crippen LogP contribution >= 0.6 is 0 Å². The molecule has 0 N–H and O–H groups in total. The lowest BCUT2D eigenvalue weighted by atomic mass is 10.0. The second-order valence-corrected chi connectivity index (χ2v) is 22.2. The van der Waals surface area contributed by atoms with Gasteiger partial charge < -0.3 is 13.7 Å². The van der Waals surface area contributed by atoms with E-state index in [9.17, 15) is 0 Å². The number of aromatic nitrogens is 3. The van der Waals surface area contributed by atoms with E-state index in [1.807, 2.05) is 0 Å². The summed E-state index contributed by atoms with van der Waals surface area (Å²) in [5, 5.41) is 12.8. The van der Waals surface area contributed by atoms with Gasteiger partial charge in [0.2, 0.25) is 0 Å². The highest BCUT2D eigenvalue weighted by Gasteiger charge is 2.41. The lowest BCUT2D eigenvalue weighted by molar-refractivity contribution is 1.13. The van der Waals surface area contributed by atoms with Gasteiger partial charge >= 0.3 is 0 Å². The van der Waals surface area contributed by atoms with Crippen molar-refractivity contribution in [1.82, 2.24) is 13.7 Å². The van der Waals surface area contributed by atoms with Crippen molar-refractivity contribution in [2.75, 3.05) is 0 Å². The number of rotatable bonds is 8. The van der Waals surface area contributed by atoms with Crippen molar-refractivity contribution in [2.24, 2.45) is 0 Å². The summed E-state index contributed by atoms with van der Waals surface area (Å²) >= 11 is 0. The molecule has 14 aromatic rings. The van der Waals surface area contributed by atoms with Gasteiger partial charge in [-0.15, -0.1) is 0 Å². The summed E-state index contributed by atoms with van der Waals surface area (Å²) in [6, 6.07) is 101. The van der Waals surface area contributed by atoms with E-state index in [-0.39, 0.29) is 0 Å². The molecule has 0 saturated heterocycles. The first-order chi connectivity index (χ1) is 34.8. The molecule has 0 aliphatic carbocycles. The molecule has 0 fully saturated rings. The minimum absolute atomic E-state index is 1.11. The van der Waals surface area contributed by atoms with E-state index in [0.717, 1.165) is 22.6 Å². The van der Waals surface area contributed by atoms with Crippen LogP contribution in [0.1, 0.15) is 0 Å². The molecule has 3 heterocycles. The lowest BCUT2D eigenvalue weighted by Crippen LogP contribution is -2.74. The maximum absolute atomic E-state index is 2.71. The second-order valence-electron chi connectivity index (χ2n) is 18.4. The highest BCUT2D eigenvalue weighted by Crippen LogP contribution is 2.42. The lowest BCUT2D eigenvalue weighted by Gasteiger charge is -2.34. The normalized spacial score (nSPS) is 12.0. The van der Waals surface area contributed by atoms with Crippen LogP contribution in [0.4, 0.5) is 0 Å². The van der Waals surface area contributed by atoms with Crippen molar-refractivity contribution in [2.45, 2.75) is 0 Å². The molecule has 0 amide bonds. The zero-order valence-corrected chi connectivity index (χ0v) is 39.3. The largest absolute Gasteiger partial charge is 0.309 e. The van der Waals surface area contributed by atoms with Crippen LogP contribution in [0.25, 0.3) is 93.6 Å². The molecule has 70 heavy (non-hydrogen) atoms. The number of fused-ring (bicyclic) bond motifs is 9. The maximum Gasteiger partial charge on any atom is 0.179 e. The standard InChI is InChI=1S/C66H45N3Si/c1-5-20-46(21-6-1)47-36-42-57-55-29-14-18-34-62(55)69(64(57)44-47)63-35-19-31-59-56-30-15-17-33-61(56)68(66(59)63)49-39-43-58-54-28-13-16-32-60(54)67(65(58)45-49)48-37-40-53(41-38-48)70(50-22-7-2-8-23-50,51-24-9-3-10-25-51)52-26-11-4-12-27-52/h1-45H. The molecule has 3 aromatic heterocycles. The molecule has 3 nitrogen and oxygen atoms in total. The zero-order chi connectivity index (χ0) is 46.2. The zero-order valence-electron chi connectivity index (χ0n) is 38.3. The molecule has 0 spiro atoms. The van der Waals surface area contributed by atoms with Gasteiger partial charge in [0, 0.05) is 43.7 Å². The van der Waals surface area contributed by atoms with Gasteiger partial charge in [-0.05, 0) is 86.5 Å². The summed E-state index contributed by atoms with van der Waals surface area (Å²) in [6.07, 6.45) is 0. The van der Waals surface area contributed by atoms with Crippen molar-refractivity contribution in [3.63, 3.8) is 0 Å². The van der Waals surface area contributed by atoms with E-state index in [1.54, 1.807) is 0 Å². The summed E-state index contributed by atoms with van der Waals surface area (Å²) < 4.78 is 7.48. The Bertz CT molecular complexity index is 4170. The molecule has 0 bridgehead atoms. The third-order valence-corrected chi connectivity index (χ3v) is 19.6. The molecular formula is C66H45N3Si. The topological polar surface area (TPSA) is 14.8 Å². The van der Waals surface area contributed by atoms with Crippen LogP contribution in [-0.4, -0.2) is 21.8 Å². The Morgan fingerprint density at radius 1 is 0.229 bits per heavy atom. The number of hydrogen-bond donors (Lipinski definition) is 0. The Morgan fingerprint density at radius 2 is 0.643 bits per heavy atom. The fourth-order valence-electron chi connectivity index (χ4n) is 11.8. The first-order valence-corrected chi connectivity index (χ1v) is 26.2. The number of para-hydroxylation sites is 4. The van der Waals surface area contributed by atoms with Gasteiger partial charge in [-0.3, -0.25) is 0 Å². The highest BCUT2D eigenvalue weighted by molar-refractivity contribution is 7.19. The number of nitrogens with zero attached hydrogens (tertiary/aromatic N) is 3. The Labute approximate surface area is 407 Å². The summed E-state index contributed by atoms with van der Waals surface area (Å²) in [5.74, 6) is 0. The first kappa shape index (κ1) is 40.1. The minimum Gasteiger partial charge on any atom is -0.309 e. The molecule has 0 unspecified atom stereocenters. The summed E-state index contributed by atoms with van der Waals surface area (Å²) in [4.78, 5) is 0. The van der Waals surface area contributed by atoms with Crippen molar-refractivity contribution in [3.8, 4) is 28.2 Å². The van der Waals surface area contributed by atoms with Crippen LogP contribution in [0.2, 0.25) is 0 Å². The van der Waals surface area contributed by atoms with Gasteiger partial charge in [0.15, 0.2) is 8.07 Å². The fraction of sp³-hybridized carbons (Fsp3) is 0. The van der Waals surface area contributed by atoms with Gasteiger partial charge in [0.1, 0.15) is 0 Å². The third-order valence-electron chi connectivity index (χ3n) is 14.8. The fourth-order valence-corrected chi connectivity index (χ4v) is 16.5. The Morgan fingerprint density at radius 3 is 1.23 bits per heavy atom. The predicted octanol–water partition coefficient (Wildman–Crippen LogP) is 14.0. The van der Waals surface area contributed by atoms with Crippen LogP contribution < -0.4 is 20.7 Å². The van der Waals surface area contributed by atoms with Gasteiger partial charge in [0.05, 0.1) is 38.8 Å². The number of hydrogen-bond acceptors (Lipinski definition) is 0. The van der Waals surface area contributed by atoms with Crippen molar-refractivity contribution in [1.29, 1.82) is 0 Å². The Balaban J connectivity index is 1.00. The van der Waals surface area contributed by atoms with E-state index >= 15 is 0 Å².